The molecule has 2 heterocycles. The zero-order valence-corrected chi connectivity index (χ0v) is 18.9. The van der Waals surface area contributed by atoms with Crippen LogP contribution >= 0.6 is 0 Å². The molecule has 2 aromatic carbocycles. The smallest absolute Gasteiger partial charge is 0.203 e. The Morgan fingerprint density at radius 1 is 1.19 bits per heavy atom. The van der Waals surface area contributed by atoms with Gasteiger partial charge >= 0.3 is 0 Å². The van der Waals surface area contributed by atoms with Crippen molar-refractivity contribution in [1.82, 2.24) is 0 Å². The number of rotatable bonds is 4. The molecule has 2 aromatic rings. The van der Waals surface area contributed by atoms with Gasteiger partial charge in [-0.15, -0.1) is 0 Å². The van der Waals surface area contributed by atoms with Gasteiger partial charge in [-0.2, -0.15) is 0 Å². The van der Waals surface area contributed by atoms with Gasteiger partial charge in [0.25, 0.3) is 0 Å². The van der Waals surface area contributed by atoms with Crippen molar-refractivity contribution >= 4 is 11.9 Å². The number of carbonyl (C=O) groups excluding carboxylic acids is 1. The predicted octanol–water partition coefficient (Wildman–Crippen LogP) is 5.12. The molecule has 0 radical (unpaired) electrons. The minimum absolute atomic E-state index is 0.00384. The number of para-hydroxylation sites is 1. The number of ketones is 1. The Kier molecular flexibility index (Phi) is 5.51. The molecule has 0 aromatic heterocycles. The van der Waals surface area contributed by atoms with Crippen LogP contribution in [0.1, 0.15) is 60.8 Å². The number of carbonyl (C=O) groups is 1. The summed E-state index contributed by atoms with van der Waals surface area (Å²) in [5.41, 5.74) is 2.15. The first-order valence-electron chi connectivity index (χ1n) is 10.6. The molecule has 2 aliphatic heterocycles. The summed E-state index contributed by atoms with van der Waals surface area (Å²) < 4.78 is 18.1. The Labute approximate surface area is 187 Å². The summed E-state index contributed by atoms with van der Waals surface area (Å²) in [6.07, 6.45) is 4.20. The molecule has 0 bridgehead atoms. The van der Waals surface area contributed by atoms with Gasteiger partial charge in [-0.3, -0.25) is 4.79 Å². The second-order valence-electron chi connectivity index (χ2n) is 8.92. The summed E-state index contributed by atoms with van der Waals surface area (Å²) in [6.45, 7) is 7.82. The highest BCUT2D eigenvalue weighted by Crippen LogP contribution is 2.52. The first kappa shape index (κ1) is 22.0. The fourth-order valence-electron chi connectivity index (χ4n) is 4.12. The van der Waals surface area contributed by atoms with Gasteiger partial charge in [0, 0.05) is 18.2 Å². The minimum atomic E-state index is -1.03. The minimum Gasteiger partial charge on any atom is -0.508 e. The quantitative estimate of drug-likeness (QED) is 0.647. The normalized spacial score (nSPS) is 20.6. The van der Waals surface area contributed by atoms with E-state index < -0.39 is 23.6 Å². The zero-order valence-electron chi connectivity index (χ0n) is 18.9. The van der Waals surface area contributed by atoms with Crippen molar-refractivity contribution in [3.05, 3.63) is 64.2 Å². The van der Waals surface area contributed by atoms with Crippen molar-refractivity contribution in [2.45, 2.75) is 51.9 Å². The summed E-state index contributed by atoms with van der Waals surface area (Å²) in [6, 6.07) is 6.69. The molecule has 2 N–H and O–H groups in total. The molecular formula is C26H28O6. The molecule has 168 valence electrons. The van der Waals surface area contributed by atoms with Crippen LogP contribution in [0.5, 0.6) is 23.0 Å². The van der Waals surface area contributed by atoms with Crippen molar-refractivity contribution in [3.63, 3.8) is 0 Å². The van der Waals surface area contributed by atoms with Crippen LogP contribution in [0.25, 0.3) is 6.08 Å². The largest absolute Gasteiger partial charge is 0.508 e. The van der Waals surface area contributed by atoms with E-state index in [4.69, 9.17) is 14.2 Å². The molecule has 2 atom stereocenters. The molecule has 0 unspecified atom stereocenters. The van der Waals surface area contributed by atoms with E-state index in [0.717, 1.165) is 5.57 Å². The first-order valence-corrected chi connectivity index (χ1v) is 10.6. The van der Waals surface area contributed by atoms with Gasteiger partial charge in [-0.1, -0.05) is 29.8 Å². The number of hydrogen-bond acceptors (Lipinski definition) is 6. The van der Waals surface area contributed by atoms with Gasteiger partial charge in [-0.05, 0) is 52.3 Å². The van der Waals surface area contributed by atoms with Crippen LogP contribution in [-0.4, -0.2) is 34.8 Å². The molecule has 4 rings (SSSR count). The topological polar surface area (TPSA) is 85.2 Å². The fourth-order valence-corrected chi connectivity index (χ4v) is 4.12. The average Bonchev–Trinajstić information content (AvgIpc) is 2.72. The fraction of sp³-hybridized carbons (Fsp3) is 0.346. The molecular weight excluding hydrogens is 408 g/mol. The zero-order chi connectivity index (χ0) is 23.2. The molecule has 32 heavy (non-hydrogen) atoms. The number of ether oxygens (including phenoxy) is 3. The van der Waals surface area contributed by atoms with E-state index in [1.807, 2.05) is 39.8 Å². The Morgan fingerprint density at radius 2 is 1.91 bits per heavy atom. The highest BCUT2D eigenvalue weighted by atomic mass is 16.5. The number of benzene rings is 2. The van der Waals surface area contributed by atoms with Crippen molar-refractivity contribution in [3.8, 4) is 23.0 Å². The number of allylic oxidation sites excluding steroid dienone is 2. The number of fused-ring (bicyclic) bond motifs is 2. The number of phenols is 2. The molecule has 0 amide bonds. The molecule has 0 fully saturated rings. The van der Waals surface area contributed by atoms with E-state index in [9.17, 15) is 15.0 Å². The van der Waals surface area contributed by atoms with Gasteiger partial charge in [0.15, 0.2) is 12.2 Å². The van der Waals surface area contributed by atoms with E-state index in [1.165, 1.54) is 13.2 Å². The van der Waals surface area contributed by atoms with Gasteiger partial charge in [0.1, 0.15) is 34.2 Å². The lowest BCUT2D eigenvalue weighted by Gasteiger charge is -2.36. The molecule has 6 nitrogen and oxygen atoms in total. The third-order valence-corrected chi connectivity index (χ3v) is 5.76. The number of hydrogen-bond donors (Lipinski definition) is 2. The van der Waals surface area contributed by atoms with Crippen LogP contribution in [0.15, 0.2) is 42.0 Å². The van der Waals surface area contributed by atoms with Crippen molar-refractivity contribution in [1.29, 1.82) is 0 Å². The van der Waals surface area contributed by atoms with Gasteiger partial charge in [0.2, 0.25) is 5.78 Å². The van der Waals surface area contributed by atoms with E-state index in [1.54, 1.807) is 24.3 Å². The number of Topliss-reactive ketones (excluding diaryl/α,β-unsaturated/α-hetero) is 1. The van der Waals surface area contributed by atoms with Crippen molar-refractivity contribution in [2.75, 3.05) is 7.11 Å². The summed E-state index contributed by atoms with van der Waals surface area (Å²) >= 11 is 0. The van der Waals surface area contributed by atoms with Crippen molar-refractivity contribution in [2.24, 2.45) is 0 Å². The highest BCUT2D eigenvalue weighted by Gasteiger charge is 2.44. The number of phenolic OH excluding ortho intramolecular Hbond substituents is 2. The second kappa shape index (κ2) is 8.02. The third kappa shape index (κ3) is 3.65. The molecule has 0 aliphatic carbocycles. The van der Waals surface area contributed by atoms with E-state index >= 15 is 0 Å². The number of methoxy groups -OCH3 is 1. The van der Waals surface area contributed by atoms with Gasteiger partial charge < -0.3 is 24.4 Å². The van der Waals surface area contributed by atoms with Crippen LogP contribution in [0.2, 0.25) is 0 Å². The average molecular weight is 437 g/mol. The Bertz CT molecular complexity index is 1140. The van der Waals surface area contributed by atoms with Crippen molar-refractivity contribution < 1.29 is 29.2 Å². The van der Waals surface area contributed by atoms with Crippen LogP contribution in [-0.2, 0) is 11.2 Å². The number of aromatic hydroxyl groups is 2. The Balaban J connectivity index is 1.98. The monoisotopic (exact) mass is 436 g/mol. The van der Waals surface area contributed by atoms with E-state index in [2.05, 4.69) is 0 Å². The second-order valence-corrected chi connectivity index (χ2v) is 8.92. The van der Waals surface area contributed by atoms with Crippen LogP contribution in [0.3, 0.4) is 0 Å². The summed E-state index contributed by atoms with van der Waals surface area (Å²) in [5.74, 6) is 0.163. The molecule has 0 saturated carbocycles. The standard InChI is InChI=1S/C26H28O6/c1-14(2)10-11-17-22-16(12-13-26(3,4)32-22)20(28)19-21(29)25(30-5)24(31-23(17)19)15-8-6-7-9-18(15)27/h6-10,12-13,24-25,27-28H,11H2,1-5H3/t24-,25-/m0/s1. The molecule has 0 saturated heterocycles. The van der Waals surface area contributed by atoms with Crippen LogP contribution in [0.4, 0.5) is 0 Å². The lowest BCUT2D eigenvalue weighted by atomic mass is 9.86. The third-order valence-electron chi connectivity index (χ3n) is 5.76. The van der Waals surface area contributed by atoms with Crippen LogP contribution < -0.4 is 9.47 Å². The maximum absolute atomic E-state index is 13.5. The highest BCUT2D eigenvalue weighted by molar-refractivity contribution is 6.07. The Hall–Kier alpha value is -3.25. The van der Waals surface area contributed by atoms with E-state index in [-0.39, 0.29) is 22.8 Å². The summed E-state index contributed by atoms with van der Waals surface area (Å²) in [5, 5.41) is 21.5. The lowest BCUT2D eigenvalue weighted by Crippen LogP contribution is -2.39. The lowest BCUT2D eigenvalue weighted by molar-refractivity contribution is -0.00231. The maximum atomic E-state index is 13.5. The molecule has 6 heteroatoms. The van der Waals surface area contributed by atoms with Gasteiger partial charge in [0.05, 0.1) is 5.56 Å². The summed E-state index contributed by atoms with van der Waals surface area (Å²) in [4.78, 5) is 13.5. The summed E-state index contributed by atoms with van der Waals surface area (Å²) in [7, 11) is 1.41. The SMILES string of the molecule is CO[C@H]1C(=O)c2c(O)c3c(c(CC=C(C)C)c2O[C@H]1c1ccccc1O)OC(C)(C)C=C3. The van der Waals surface area contributed by atoms with E-state index in [0.29, 0.717) is 28.9 Å². The van der Waals surface area contributed by atoms with Gasteiger partial charge in [-0.25, -0.2) is 0 Å². The predicted molar refractivity (Wildman–Crippen MR) is 122 cm³/mol. The van der Waals surface area contributed by atoms with Crippen LogP contribution in [0, 0.1) is 0 Å². The Morgan fingerprint density at radius 3 is 2.56 bits per heavy atom. The molecule has 2 aliphatic rings. The first-order chi connectivity index (χ1) is 15.1. The maximum Gasteiger partial charge on any atom is 0.203 e. The molecule has 0 spiro atoms.